The molecule has 5 rings (SSSR count). The zero-order valence-electron chi connectivity index (χ0n) is 28.6. The summed E-state index contributed by atoms with van der Waals surface area (Å²) in [4.78, 5) is 25.3. The summed E-state index contributed by atoms with van der Waals surface area (Å²) in [6, 6.07) is 12.9. The van der Waals surface area contributed by atoms with Crippen LogP contribution in [0.5, 0.6) is 11.5 Å². The molecule has 3 aliphatic heterocycles. The Hall–Kier alpha value is -3.43. The van der Waals surface area contributed by atoms with Gasteiger partial charge >= 0.3 is 6.09 Å². The summed E-state index contributed by atoms with van der Waals surface area (Å²) in [5, 5.41) is 17.5. The van der Waals surface area contributed by atoms with Gasteiger partial charge in [-0.05, 0) is 48.8 Å². The molecule has 0 saturated carbocycles. The van der Waals surface area contributed by atoms with Crippen LogP contribution in [0.15, 0.2) is 53.4 Å². The zero-order valence-corrected chi connectivity index (χ0v) is 29.4. The predicted octanol–water partition coefficient (Wildman–Crippen LogP) is 3.44. The van der Waals surface area contributed by atoms with Crippen molar-refractivity contribution in [2.45, 2.75) is 82.8 Å². The molecule has 49 heavy (non-hydrogen) atoms. The molecule has 3 heterocycles. The van der Waals surface area contributed by atoms with Gasteiger partial charge in [0, 0.05) is 31.6 Å². The number of benzene rings is 2. The van der Waals surface area contributed by atoms with Crippen LogP contribution in [0.1, 0.15) is 52.5 Å². The highest BCUT2D eigenvalue weighted by Crippen LogP contribution is 2.36. The number of alkyl carbamates (subject to hydrolysis) is 1. The van der Waals surface area contributed by atoms with Crippen molar-refractivity contribution in [3.8, 4) is 11.5 Å². The van der Waals surface area contributed by atoms with Crippen LogP contribution in [0, 0.1) is 17.3 Å². The lowest BCUT2D eigenvalue weighted by Crippen LogP contribution is -2.52. The predicted molar refractivity (Wildman–Crippen MR) is 179 cm³/mol. The van der Waals surface area contributed by atoms with Crippen LogP contribution in [0.2, 0.25) is 0 Å². The van der Waals surface area contributed by atoms with Gasteiger partial charge in [0.2, 0.25) is 22.7 Å². The molecule has 0 unspecified atom stereocenters. The molecule has 3 aliphatic rings. The second-order valence-corrected chi connectivity index (χ2v) is 15.9. The first-order valence-electron chi connectivity index (χ1n) is 16.9. The monoisotopic (exact) mass is 703 g/mol. The Morgan fingerprint density at radius 2 is 1.84 bits per heavy atom. The summed E-state index contributed by atoms with van der Waals surface area (Å²) in [7, 11) is -4.18. The van der Waals surface area contributed by atoms with Crippen molar-refractivity contribution in [2.24, 2.45) is 17.3 Å². The van der Waals surface area contributed by atoms with E-state index in [1.165, 1.54) is 16.4 Å². The van der Waals surface area contributed by atoms with Crippen molar-refractivity contribution in [2.75, 3.05) is 39.6 Å². The molecule has 5 atom stereocenters. The quantitative estimate of drug-likeness (QED) is 0.221. The van der Waals surface area contributed by atoms with Gasteiger partial charge in [-0.15, -0.1) is 0 Å². The standard InChI is InChI=1S/C35H49N3O10S/c1-23(2)32(40)36-15-8-14-35(3,4)21-38(49(42,43)25-11-12-29-30(18-25)47-22-46-29)19-28(39)27(17-24-9-6-5-7-10-24)37-34(41)48-31-20-45-33-26(31)13-16-44-33/h5-7,9-12,18,23,26-28,31,33,39H,8,13-17,19-22H2,1-4H3,(H,36,40)(H,37,41)/t26-,27-,28+,31-,33+/m0/s1. The average molecular weight is 704 g/mol. The molecule has 13 nitrogen and oxygen atoms in total. The van der Waals surface area contributed by atoms with Gasteiger partial charge in [-0.2, -0.15) is 4.31 Å². The van der Waals surface area contributed by atoms with Crippen molar-refractivity contribution in [1.82, 2.24) is 14.9 Å². The molecule has 2 fully saturated rings. The zero-order chi connectivity index (χ0) is 35.2. The number of amides is 2. The molecule has 3 N–H and O–H groups in total. The highest BCUT2D eigenvalue weighted by Gasteiger charge is 2.44. The number of carbonyl (C=O) groups is 2. The summed E-state index contributed by atoms with van der Waals surface area (Å²) in [5.41, 5.74) is 0.296. The van der Waals surface area contributed by atoms with E-state index in [1.54, 1.807) is 6.07 Å². The Morgan fingerprint density at radius 3 is 2.59 bits per heavy atom. The number of fused-ring (bicyclic) bond motifs is 2. The number of nitrogens with zero attached hydrogens (tertiary/aromatic N) is 1. The lowest BCUT2D eigenvalue weighted by Gasteiger charge is -2.35. The van der Waals surface area contributed by atoms with Crippen molar-refractivity contribution in [3.63, 3.8) is 0 Å². The van der Waals surface area contributed by atoms with Crippen molar-refractivity contribution in [1.29, 1.82) is 0 Å². The second-order valence-electron chi connectivity index (χ2n) is 14.0. The van der Waals surface area contributed by atoms with E-state index < -0.39 is 46.1 Å². The molecule has 2 amide bonds. The van der Waals surface area contributed by atoms with Gasteiger partial charge < -0.3 is 39.4 Å². The highest BCUT2D eigenvalue weighted by molar-refractivity contribution is 7.89. The van der Waals surface area contributed by atoms with Gasteiger partial charge in [-0.3, -0.25) is 4.79 Å². The third-order valence-corrected chi connectivity index (χ3v) is 10.9. The van der Waals surface area contributed by atoms with E-state index in [1.807, 2.05) is 58.0 Å². The third-order valence-electron chi connectivity index (χ3n) is 9.14. The first-order chi connectivity index (χ1) is 23.3. The van der Waals surface area contributed by atoms with Crippen molar-refractivity contribution in [3.05, 3.63) is 54.1 Å². The summed E-state index contributed by atoms with van der Waals surface area (Å²) in [5.74, 6) is 0.528. The maximum atomic E-state index is 14.3. The number of rotatable bonds is 16. The Morgan fingerprint density at radius 1 is 1.08 bits per heavy atom. The van der Waals surface area contributed by atoms with Gasteiger partial charge in [0.25, 0.3) is 0 Å². The number of ether oxygens (including phenoxy) is 5. The fourth-order valence-electron chi connectivity index (χ4n) is 6.33. The van der Waals surface area contributed by atoms with Gasteiger partial charge in [0.1, 0.15) is 6.10 Å². The van der Waals surface area contributed by atoms with Crippen LogP contribution in [0.4, 0.5) is 4.79 Å². The van der Waals surface area contributed by atoms with E-state index >= 15 is 0 Å². The molecule has 0 bridgehead atoms. The van der Waals surface area contributed by atoms with Crippen LogP contribution >= 0.6 is 0 Å². The Bertz CT molecular complexity index is 1540. The van der Waals surface area contributed by atoms with Crippen LogP contribution in [-0.4, -0.2) is 94.0 Å². The van der Waals surface area contributed by atoms with Gasteiger partial charge in [0.05, 0.1) is 36.2 Å². The summed E-state index contributed by atoms with van der Waals surface area (Å²) >= 11 is 0. The summed E-state index contributed by atoms with van der Waals surface area (Å²) in [6.07, 6.45) is -0.759. The fourth-order valence-corrected chi connectivity index (χ4v) is 7.99. The minimum Gasteiger partial charge on any atom is -0.454 e. The molecule has 2 saturated heterocycles. The lowest BCUT2D eigenvalue weighted by molar-refractivity contribution is -0.124. The van der Waals surface area contributed by atoms with Gasteiger partial charge in [-0.25, -0.2) is 13.2 Å². The van der Waals surface area contributed by atoms with Crippen LogP contribution in [-0.2, 0) is 35.4 Å². The second kappa shape index (κ2) is 16.1. The largest absolute Gasteiger partial charge is 0.454 e. The SMILES string of the molecule is CC(C)C(=O)NCCCC(C)(C)CN(C[C@@H](O)[C@H](Cc1ccccc1)NC(=O)O[C@H]1CO[C@H]2OCC[C@H]21)S(=O)(=O)c1ccc2c(c1)OCO2. The van der Waals surface area contributed by atoms with E-state index in [9.17, 15) is 23.1 Å². The molecule has 0 aromatic heterocycles. The lowest BCUT2D eigenvalue weighted by atomic mass is 9.87. The number of aliphatic hydroxyl groups excluding tert-OH is 1. The Labute approximate surface area is 288 Å². The van der Waals surface area contributed by atoms with Gasteiger partial charge in [0.15, 0.2) is 17.8 Å². The van der Waals surface area contributed by atoms with Gasteiger partial charge in [-0.1, -0.05) is 58.0 Å². The third kappa shape index (κ3) is 9.63. The van der Waals surface area contributed by atoms with Crippen molar-refractivity contribution >= 4 is 22.0 Å². The topological polar surface area (TPSA) is 162 Å². The van der Waals surface area contributed by atoms with Crippen LogP contribution < -0.4 is 20.1 Å². The molecule has 270 valence electrons. The molecule has 0 aliphatic carbocycles. The normalized spacial score (nSPS) is 21.4. The summed E-state index contributed by atoms with van der Waals surface area (Å²) < 4.78 is 57.6. The van der Waals surface area contributed by atoms with Crippen LogP contribution in [0.25, 0.3) is 0 Å². The van der Waals surface area contributed by atoms with E-state index in [0.717, 1.165) is 5.56 Å². The maximum Gasteiger partial charge on any atom is 0.407 e. The van der Waals surface area contributed by atoms with E-state index in [-0.39, 0.29) is 55.5 Å². The number of aliphatic hydroxyl groups is 1. The first kappa shape index (κ1) is 36.8. The summed E-state index contributed by atoms with van der Waals surface area (Å²) in [6.45, 7) is 8.50. The fraction of sp³-hybridized carbons (Fsp3) is 0.600. The minimum atomic E-state index is -4.18. The number of sulfonamides is 1. The number of carbonyl (C=O) groups excluding carboxylic acids is 2. The van der Waals surface area contributed by atoms with Crippen molar-refractivity contribution < 1.29 is 46.8 Å². The molecular weight excluding hydrogens is 654 g/mol. The van der Waals surface area contributed by atoms with E-state index in [0.29, 0.717) is 43.9 Å². The molecular formula is C35H49N3O10S. The highest BCUT2D eigenvalue weighted by atomic mass is 32.2. The first-order valence-corrected chi connectivity index (χ1v) is 18.4. The molecule has 14 heteroatoms. The Balaban J connectivity index is 1.35. The molecule has 0 spiro atoms. The van der Waals surface area contributed by atoms with Crippen LogP contribution in [0.3, 0.4) is 0 Å². The number of nitrogens with one attached hydrogen (secondary N) is 2. The smallest absolute Gasteiger partial charge is 0.407 e. The average Bonchev–Trinajstić information content (AvgIpc) is 3.81. The van der Waals surface area contributed by atoms with E-state index in [4.69, 9.17) is 23.7 Å². The number of hydrogen-bond acceptors (Lipinski definition) is 10. The molecule has 0 radical (unpaired) electrons. The van der Waals surface area contributed by atoms with E-state index in [2.05, 4.69) is 10.6 Å². The maximum absolute atomic E-state index is 14.3. The minimum absolute atomic E-state index is 0.00795. The number of hydrogen-bond donors (Lipinski definition) is 3. The molecule has 2 aromatic carbocycles. The Kier molecular flexibility index (Phi) is 12.1. The molecule has 2 aromatic rings.